The zero-order valence-electron chi connectivity index (χ0n) is 11.6. The highest BCUT2D eigenvalue weighted by Gasteiger charge is 2.13. The quantitative estimate of drug-likeness (QED) is 0.820. The number of nitrogens with zero attached hydrogens (tertiary/aromatic N) is 1. The number of ether oxygens (including phenoxy) is 1. The van der Waals surface area contributed by atoms with E-state index in [2.05, 4.69) is 10.3 Å². The fourth-order valence-corrected chi connectivity index (χ4v) is 2.54. The molecule has 1 amide bonds. The van der Waals surface area contributed by atoms with Crippen LogP contribution in [0.1, 0.15) is 49.0 Å². The van der Waals surface area contributed by atoms with Gasteiger partial charge in [0.25, 0.3) is 5.91 Å². The lowest BCUT2D eigenvalue weighted by atomic mass is 9.98. The summed E-state index contributed by atoms with van der Waals surface area (Å²) in [6.45, 7) is 1.30. The lowest BCUT2D eigenvalue weighted by Gasteiger charge is -2.21. The maximum Gasteiger partial charge on any atom is 0.269 e. The van der Waals surface area contributed by atoms with E-state index in [-0.39, 0.29) is 5.91 Å². The van der Waals surface area contributed by atoms with Gasteiger partial charge in [-0.3, -0.25) is 9.78 Å². The second kappa shape index (κ2) is 8.22. The van der Waals surface area contributed by atoms with E-state index in [9.17, 15) is 4.79 Å². The van der Waals surface area contributed by atoms with E-state index in [0.29, 0.717) is 30.0 Å². The largest absolute Gasteiger partial charge is 0.378 e. The highest BCUT2D eigenvalue weighted by molar-refractivity contribution is 6.30. The predicted octanol–water partition coefficient (Wildman–Crippen LogP) is 3.20. The predicted molar refractivity (Wildman–Crippen MR) is 79.0 cm³/mol. The molecule has 0 bridgehead atoms. The first-order valence-corrected chi connectivity index (χ1v) is 7.65. The van der Waals surface area contributed by atoms with Gasteiger partial charge in [0, 0.05) is 24.4 Å². The number of amides is 1. The maximum atomic E-state index is 11.8. The molecule has 110 valence electrons. The molecule has 0 aromatic carbocycles. The van der Waals surface area contributed by atoms with Crippen molar-refractivity contribution in [1.82, 2.24) is 10.3 Å². The van der Waals surface area contributed by atoms with Crippen LogP contribution in [0.25, 0.3) is 0 Å². The smallest absolute Gasteiger partial charge is 0.269 e. The molecular weight excluding hydrogens is 276 g/mol. The first kappa shape index (κ1) is 15.3. The summed E-state index contributed by atoms with van der Waals surface area (Å²) in [5.74, 6) is -0.190. The Morgan fingerprint density at radius 1 is 1.40 bits per heavy atom. The summed E-state index contributed by atoms with van der Waals surface area (Å²) < 4.78 is 5.80. The third-order valence-corrected chi connectivity index (χ3v) is 3.70. The van der Waals surface area contributed by atoms with Crippen LogP contribution in [-0.4, -0.2) is 30.1 Å². The summed E-state index contributed by atoms with van der Waals surface area (Å²) in [6.07, 6.45) is 9.03. The van der Waals surface area contributed by atoms with Gasteiger partial charge in [0.15, 0.2) is 0 Å². The zero-order valence-corrected chi connectivity index (χ0v) is 12.4. The number of carbonyl (C=O) groups is 1. The van der Waals surface area contributed by atoms with Crippen molar-refractivity contribution in [3.63, 3.8) is 0 Å². The minimum absolute atomic E-state index is 0.190. The number of hydrogen-bond donors (Lipinski definition) is 1. The molecule has 0 spiro atoms. The highest BCUT2D eigenvalue weighted by atomic mass is 35.5. The van der Waals surface area contributed by atoms with Crippen molar-refractivity contribution >= 4 is 17.5 Å². The van der Waals surface area contributed by atoms with Gasteiger partial charge in [-0.25, -0.2) is 0 Å². The molecule has 1 saturated carbocycles. The lowest BCUT2D eigenvalue weighted by Crippen LogP contribution is -2.27. The summed E-state index contributed by atoms with van der Waals surface area (Å²) >= 11 is 5.82. The summed E-state index contributed by atoms with van der Waals surface area (Å²) in [4.78, 5) is 15.8. The topological polar surface area (TPSA) is 51.2 Å². The van der Waals surface area contributed by atoms with Crippen molar-refractivity contribution in [3.8, 4) is 0 Å². The van der Waals surface area contributed by atoms with Gasteiger partial charge in [0.05, 0.1) is 6.10 Å². The number of nitrogens with one attached hydrogen (secondary N) is 1. The molecule has 1 aliphatic rings. The molecule has 1 heterocycles. The molecule has 0 radical (unpaired) electrons. The SMILES string of the molecule is O=C(NCCCOC1CCCCC1)c1cc(Cl)ccn1. The summed E-state index contributed by atoms with van der Waals surface area (Å²) in [5.41, 5.74) is 0.352. The lowest BCUT2D eigenvalue weighted by molar-refractivity contribution is 0.0273. The number of aromatic nitrogens is 1. The molecule has 0 aliphatic heterocycles. The molecule has 2 rings (SSSR count). The van der Waals surface area contributed by atoms with E-state index >= 15 is 0 Å². The van der Waals surface area contributed by atoms with Crippen molar-refractivity contribution < 1.29 is 9.53 Å². The van der Waals surface area contributed by atoms with Crippen LogP contribution >= 0.6 is 11.6 Å². The Hall–Kier alpha value is -1.13. The number of halogens is 1. The first-order chi connectivity index (χ1) is 9.75. The van der Waals surface area contributed by atoms with E-state index in [1.54, 1.807) is 12.1 Å². The highest BCUT2D eigenvalue weighted by Crippen LogP contribution is 2.20. The molecule has 5 heteroatoms. The molecule has 0 atom stereocenters. The van der Waals surface area contributed by atoms with Gasteiger partial charge in [-0.15, -0.1) is 0 Å². The minimum Gasteiger partial charge on any atom is -0.378 e. The number of pyridine rings is 1. The zero-order chi connectivity index (χ0) is 14.2. The Morgan fingerprint density at radius 2 is 2.20 bits per heavy atom. The fourth-order valence-electron chi connectivity index (χ4n) is 2.38. The molecular formula is C15H21ClN2O2. The molecule has 4 nitrogen and oxygen atoms in total. The molecule has 1 aliphatic carbocycles. The third-order valence-electron chi connectivity index (χ3n) is 3.47. The van der Waals surface area contributed by atoms with Crippen LogP contribution < -0.4 is 5.32 Å². The van der Waals surface area contributed by atoms with Crippen LogP contribution in [0.15, 0.2) is 18.3 Å². The molecule has 0 unspecified atom stereocenters. The van der Waals surface area contributed by atoms with Crippen molar-refractivity contribution in [2.75, 3.05) is 13.2 Å². The van der Waals surface area contributed by atoms with Gasteiger partial charge in [-0.1, -0.05) is 30.9 Å². The van der Waals surface area contributed by atoms with Crippen LogP contribution in [0.5, 0.6) is 0 Å². The van der Waals surface area contributed by atoms with Gasteiger partial charge in [-0.05, 0) is 31.4 Å². The van der Waals surface area contributed by atoms with Gasteiger partial charge < -0.3 is 10.1 Å². The van der Waals surface area contributed by atoms with Crippen LogP contribution in [0, 0.1) is 0 Å². The second-order valence-corrected chi connectivity index (χ2v) is 5.54. The van der Waals surface area contributed by atoms with E-state index < -0.39 is 0 Å². The first-order valence-electron chi connectivity index (χ1n) is 7.27. The Bertz CT molecular complexity index is 434. The van der Waals surface area contributed by atoms with Gasteiger partial charge in [-0.2, -0.15) is 0 Å². The Kier molecular flexibility index (Phi) is 6.27. The van der Waals surface area contributed by atoms with E-state index in [1.807, 2.05) is 0 Å². The monoisotopic (exact) mass is 296 g/mol. The number of carbonyl (C=O) groups excluding carboxylic acids is 1. The van der Waals surface area contributed by atoms with Crippen LogP contribution in [0.2, 0.25) is 5.02 Å². The molecule has 1 N–H and O–H groups in total. The summed E-state index contributed by atoms with van der Waals surface area (Å²) in [7, 11) is 0. The number of hydrogen-bond acceptors (Lipinski definition) is 3. The second-order valence-electron chi connectivity index (χ2n) is 5.10. The third kappa shape index (κ3) is 5.10. The fraction of sp³-hybridized carbons (Fsp3) is 0.600. The molecule has 20 heavy (non-hydrogen) atoms. The molecule has 0 saturated heterocycles. The average molecular weight is 297 g/mol. The molecule has 1 fully saturated rings. The Balaban J connectivity index is 1.59. The molecule has 1 aromatic heterocycles. The van der Waals surface area contributed by atoms with E-state index in [0.717, 1.165) is 6.42 Å². The van der Waals surface area contributed by atoms with Gasteiger partial charge in [0.1, 0.15) is 5.69 Å². The Morgan fingerprint density at radius 3 is 2.95 bits per heavy atom. The van der Waals surface area contributed by atoms with Crippen LogP contribution in [0.3, 0.4) is 0 Å². The van der Waals surface area contributed by atoms with Crippen molar-refractivity contribution in [3.05, 3.63) is 29.0 Å². The average Bonchev–Trinajstić information content (AvgIpc) is 2.48. The van der Waals surface area contributed by atoms with Gasteiger partial charge >= 0.3 is 0 Å². The van der Waals surface area contributed by atoms with Gasteiger partial charge in [0.2, 0.25) is 0 Å². The van der Waals surface area contributed by atoms with E-state index in [4.69, 9.17) is 16.3 Å². The van der Waals surface area contributed by atoms with E-state index in [1.165, 1.54) is 38.3 Å². The standard InChI is InChI=1S/C15H21ClN2O2/c16-12-7-9-17-14(11-12)15(19)18-8-4-10-20-13-5-2-1-3-6-13/h7,9,11,13H,1-6,8,10H2,(H,18,19). The minimum atomic E-state index is -0.190. The molecule has 1 aromatic rings. The van der Waals surface area contributed by atoms with Crippen molar-refractivity contribution in [2.45, 2.75) is 44.6 Å². The van der Waals surface area contributed by atoms with Crippen molar-refractivity contribution in [1.29, 1.82) is 0 Å². The summed E-state index contributed by atoms with van der Waals surface area (Å²) in [5, 5.41) is 3.34. The van der Waals surface area contributed by atoms with Crippen LogP contribution in [0.4, 0.5) is 0 Å². The Labute approximate surface area is 124 Å². The van der Waals surface area contributed by atoms with Crippen LogP contribution in [-0.2, 0) is 4.74 Å². The maximum absolute atomic E-state index is 11.8. The van der Waals surface area contributed by atoms with Crippen molar-refractivity contribution in [2.24, 2.45) is 0 Å². The normalized spacial score (nSPS) is 16.1. The summed E-state index contributed by atoms with van der Waals surface area (Å²) in [6, 6.07) is 3.21. The number of rotatable bonds is 6.